The molecule has 0 saturated heterocycles. The number of halogens is 4. The van der Waals surface area contributed by atoms with Crippen LogP contribution in [0.3, 0.4) is 0 Å². The third kappa shape index (κ3) is 4.95. The summed E-state index contributed by atoms with van der Waals surface area (Å²) in [6.45, 7) is 0.248. The van der Waals surface area contributed by atoms with Gasteiger partial charge in [0, 0.05) is 11.0 Å². The fourth-order valence-electron chi connectivity index (χ4n) is 1.12. The first-order chi connectivity index (χ1) is 8.43. The van der Waals surface area contributed by atoms with E-state index in [0.717, 1.165) is 12.1 Å². The lowest BCUT2D eigenvalue weighted by molar-refractivity contribution is -0.137. The number of ether oxygens (including phenoxy) is 1. The van der Waals surface area contributed by atoms with Crippen molar-refractivity contribution in [1.29, 1.82) is 0 Å². The topological polar surface area (TPSA) is 38.3 Å². The van der Waals surface area contributed by atoms with E-state index in [4.69, 9.17) is 4.74 Å². The second-order valence-electron chi connectivity index (χ2n) is 3.38. The van der Waals surface area contributed by atoms with E-state index in [1.165, 1.54) is 12.1 Å². The maximum absolute atomic E-state index is 12.3. The Hall–Kier alpha value is -1.24. The van der Waals surface area contributed by atoms with Crippen LogP contribution in [-0.4, -0.2) is 18.0 Å². The molecule has 7 heteroatoms. The molecule has 0 aliphatic rings. The average molecular weight is 326 g/mol. The Labute approximate surface area is 110 Å². The van der Waals surface area contributed by atoms with Crippen molar-refractivity contribution in [1.82, 2.24) is 0 Å². The summed E-state index contributed by atoms with van der Waals surface area (Å²) in [6, 6.07) is 4.14. The Morgan fingerprint density at radius 3 is 2.39 bits per heavy atom. The minimum absolute atomic E-state index is 0.248. The molecule has 0 fully saturated rings. The molecule has 1 N–H and O–H groups in total. The van der Waals surface area contributed by atoms with E-state index in [0.29, 0.717) is 11.8 Å². The van der Waals surface area contributed by atoms with Crippen molar-refractivity contribution in [3.8, 4) is 0 Å². The van der Waals surface area contributed by atoms with Crippen LogP contribution in [0.4, 0.5) is 23.7 Å². The van der Waals surface area contributed by atoms with Gasteiger partial charge in [0.05, 0.1) is 12.2 Å². The predicted molar refractivity (Wildman–Crippen MR) is 64.8 cm³/mol. The summed E-state index contributed by atoms with van der Waals surface area (Å²) in [4.78, 5) is 11.2. The summed E-state index contributed by atoms with van der Waals surface area (Å²) in [6.07, 6.45) is -4.40. The normalized spacial score (nSPS) is 11.1. The van der Waals surface area contributed by atoms with E-state index < -0.39 is 17.8 Å². The smallest absolute Gasteiger partial charge is 0.416 e. The maximum atomic E-state index is 12.3. The highest BCUT2D eigenvalue weighted by atomic mass is 79.9. The van der Waals surface area contributed by atoms with Gasteiger partial charge in [0.2, 0.25) is 0 Å². The zero-order chi connectivity index (χ0) is 13.6. The molecule has 1 aromatic carbocycles. The molecule has 0 aliphatic heterocycles. The van der Waals surface area contributed by atoms with Gasteiger partial charge in [-0.1, -0.05) is 15.9 Å². The molecule has 0 saturated carbocycles. The van der Waals surface area contributed by atoms with E-state index in [9.17, 15) is 18.0 Å². The molecule has 0 radical (unpaired) electrons. The van der Waals surface area contributed by atoms with Crippen molar-refractivity contribution in [3.05, 3.63) is 29.8 Å². The fourth-order valence-corrected chi connectivity index (χ4v) is 1.34. The zero-order valence-electron chi connectivity index (χ0n) is 9.26. The number of anilines is 1. The van der Waals surface area contributed by atoms with Gasteiger partial charge in [-0.2, -0.15) is 13.2 Å². The minimum Gasteiger partial charge on any atom is -0.449 e. The molecule has 0 bridgehead atoms. The van der Waals surface area contributed by atoms with E-state index in [1.807, 2.05) is 0 Å². The number of carbonyl (C=O) groups is 1. The number of carbonyl (C=O) groups excluding carboxylic acids is 1. The number of amides is 1. The van der Waals surface area contributed by atoms with Crippen molar-refractivity contribution < 1.29 is 22.7 Å². The Balaban J connectivity index is 2.51. The molecule has 1 aromatic rings. The van der Waals surface area contributed by atoms with E-state index in [-0.39, 0.29) is 12.3 Å². The summed E-state index contributed by atoms with van der Waals surface area (Å²) in [5.74, 6) is 0. The lowest BCUT2D eigenvalue weighted by Gasteiger charge is -2.09. The molecule has 0 spiro atoms. The first-order valence-electron chi connectivity index (χ1n) is 5.10. The van der Waals surface area contributed by atoms with Crippen LogP contribution >= 0.6 is 15.9 Å². The zero-order valence-corrected chi connectivity index (χ0v) is 10.8. The van der Waals surface area contributed by atoms with Crippen LogP contribution in [0.25, 0.3) is 0 Å². The molecule has 0 unspecified atom stereocenters. The molecule has 1 amide bonds. The van der Waals surface area contributed by atoms with Crippen LogP contribution in [0.5, 0.6) is 0 Å². The molecule has 3 nitrogen and oxygen atoms in total. The second kappa shape index (κ2) is 6.63. The fraction of sp³-hybridized carbons (Fsp3) is 0.364. The van der Waals surface area contributed by atoms with E-state index in [1.54, 1.807) is 0 Å². The van der Waals surface area contributed by atoms with Gasteiger partial charge in [-0.15, -0.1) is 0 Å². The highest BCUT2D eigenvalue weighted by Crippen LogP contribution is 2.29. The quantitative estimate of drug-likeness (QED) is 0.670. The van der Waals surface area contributed by atoms with Crippen molar-refractivity contribution in [2.45, 2.75) is 12.6 Å². The third-order valence-corrected chi connectivity index (χ3v) is 2.53. The Morgan fingerprint density at radius 2 is 1.89 bits per heavy atom. The lowest BCUT2D eigenvalue weighted by Crippen LogP contribution is -2.14. The number of hydrogen-bond acceptors (Lipinski definition) is 2. The molecule has 0 atom stereocenters. The number of benzene rings is 1. The largest absolute Gasteiger partial charge is 0.449 e. The Morgan fingerprint density at radius 1 is 1.28 bits per heavy atom. The molecule has 0 aromatic heterocycles. The van der Waals surface area contributed by atoms with Gasteiger partial charge >= 0.3 is 12.3 Å². The highest BCUT2D eigenvalue weighted by molar-refractivity contribution is 9.09. The number of rotatable bonds is 4. The number of nitrogens with one attached hydrogen (secondary N) is 1. The van der Waals surface area contributed by atoms with Gasteiger partial charge in [0.25, 0.3) is 0 Å². The SMILES string of the molecule is O=C(Nc1ccc(C(F)(F)F)cc1)OCCCBr. The Bertz CT molecular complexity index is 392. The molecule has 1 rings (SSSR count). The van der Waals surface area contributed by atoms with Gasteiger partial charge in [-0.25, -0.2) is 4.79 Å². The van der Waals surface area contributed by atoms with E-state index in [2.05, 4.69) is 21.2 Å². The number of hydrogen-bond donors (Lipinski definition) is 1. The van der Waals surface area contributed by atoms with Crippen molar-refractivity contribution in [2.75, 3.05) is 17.3 Å². The number of alkyl halides is 4. The predicted octanol–water partition coefficient (Wildman–Crippen LogP) is 4.04. The van der Waals surface area contributed by atoms with Crippen LogP contribution in [0.1, 0.15) is 12.0 Å². The van der Waals surface area contributed by atoms with Gasteiger partial charge in [0.1, 0.15) is 0 Å². The van der Waals surface area contributed by atoms with Crippen LogP contribution in [-0.2, 0) is 10.9 Å². The van der Waals surface area contributed by atoms with Crippen molar-refractivity contribution in [3.63, 3.8) is 0 Å². The lowest BCUT2D eigenvalue weighted by atomic mass is 10.2. The van der Waals surface area contributed by atoms with Crippen molar-refractivity contribution >= 4 is 27.7 Å². The minimum atomic E-state index is -4.38. The van der Waals surface area contributed by atoms with E-state index >= 15 is 0 Å². The molecule has 0 aliphatic carbocycles. The summed E-state index contributed by atoms with van der Waals surface area (Å²) in [5, 5.41) is 3.04. The summed E-state index contributed by atoms with van der Waals surface area (Å²) in [5.41, 5.74) is -0.507. The van der Waals surface area contributed by atoms with Gasteiger partial charge in [-0.05, 0) is 30.7 Å². The van der Waals surface area contributed by atoms with Crippen LogP contribution < -0.4 is 5.32 Å². The van der Waals surface area contributed by atoms with Gasteiger partial charge in [0.15, 0.2) is 0 Å². The summed E-state index contributed by atoms with van der Waals surface area (Å²) < 4.78 is 41.6. The molecule has 100 valence electrons. The first kappa shape index (κ1) is 14.8. The second-order valence-corrected chi connectivity index (χ2v) is 4.17. The monoisotopic (exact) mass is 325 g/mol. The van der Waals surface area contributed by atoms with Crippen LogP contribution in [0.2, 0.25) is 0 Å². The third-order valence-electron chi connectivity index (χ3n) is 1.97. The van der Waals surface area contributed by atoms with Crippen molar-refractivity contribution in [2.24, 2.45) is 0 Å². The molecule has 0 heterocycles. The van der Waals surface area contributed by atoms with Gasteiger partial charge < -0.3 is 4.74 Å². The Kier molecular flexibility index (Phi) is 5.46. The maximum Gasteiger partial charge on any atom is 0.416 e. The average Bonchev–Trinajstić information content (AvgIpc) is 2.29. The molecule has 18 heavy (non-hydrogen) atoms. The standard InChI is InChI=1S/C11H11BrF3NO2/c12-6-1-7-18-10(17)16-9-4-2-8(3-5-9)11(13,14)15/h2-5H,1,6-7H2,(H,16,17). The first-order valence-corrected chi connectivity index (χ1v) is 6.22. The molecular weight excluding hydrogens is 315 g/mol. The molecular formula is C11H11BrF3NO2. The summed E-state index contributed by atoms with van der Waals surface area (Å²) >= 11 is 3.17. The highest BCUT2D eigenvalue weighted by Gasteiger charge is 2.29. The van der Waals surface area contributed by atoms with Gasteiger partial charge in [-0.3, -0.25) is 5.32 Å². The van der Waals surface area contributed by atoms with Crippen LogP contribution in [0.15, 0.2) is 24.3 Å². The summed E-state index contributed by atoms with van der Waals surface area (Å²) in [7, 11) is 0. The van der Waals surface area contributed by atoms with Crippen LogP contribution in [0, 0.1) is 0 Å².